The van der Waals surface area contributed by atoms with Gasteiger partial charge in [0, 0.05) is 31.8 Å². The average Bonchev–Trinajstić information content (AvgIpc) is 3.15. The number of carbonyl (C=O) groups is 2. The third-order valence-electron chi connectivity index (χ3n) is 4.79. The Morgan fingerprint density at radius 3 is 2.80 bits per heavy atom. The number of hydrogen-bond acceptors (Lipinski definition) is 4. The van der Waals surface area contributed by atoms with Crippen molar-refractivity contribution in [2.75, 3.05) is 18.5 Å². The van der Waals surface area contributed by atoms with Crippen molar-refractivity contribution in [1.29, 1.82) is 0 Å². The minimum atomic E-state index is -0.328. The Bertz CT molecular complexity index is 812. The first-order valence-electron chi connectivity index (χ1n) is 8.40. The Morgan fingerprint density at radius 1 is 1.36 bits per heavy atom. The van der Waals surface area contributed by atoms with Crippen LogP contribution in [0.1, 0.15) is 29.0 Å². The van der Waals surface area contributed by atoms with E-state index in [1.807, 2.05) is 45.0 Å². The highest BCUT2D eigenvalue weighted by Crippen LogP contribution is 2.30. The smallest absolute Gasteiger partial charge is 0.228 e. The highest BCUT2D eigenvalue weighted by atomic mass is 16.5. The molecule has 0 bridgehead atoms. The molecule has 1 aliphatic rings. The minimum absolute atomic E-state index is 0.00210. The first-order chi connectivity index (χ1) is 11.9. The molecule has 0 aliphatic carbocycles. The largest absolute Gasteiger partial charge is 0.361 e. The van der Waals surface area contributed by atoms with Crippen molar-refractivity contribution < 1.29 is 14.1 Å². The standard InChI is InChI=1S/C19H23N3O3/c1-12-6-5-7-17(14(12)3)22-10-15(9-18(22)23)19(24)21(4)11-16-8-13(2)25-20-16/h5-8,15H,9-11H2,1-4H3/t15-/m0/s1. The van der Waals surface area contributed by atoms with Gasteiger partial charge in [0.05, 0.1) is 12.5 Å². The average molecular weight is 341 g/mol. The summed E-state index contributed by atoms with van der Waals surface area (Å²) >= 11 is 0. The molecule has 6 heteroatoms. The maximum atomic E-state index is 12.7. The second-order valence-corrected chi connectivity index (χ2v) is 6.75. The van der Waals surface area contributed by atoms with Gasteiger partial charge in [-0.25, -0.2) is 0 Å². The number of benzene rings is 1. The molecule has 0 unspecified atom stereocenters. The van der Waals surface area contributed by atoms with Gasteiger partial charge in [-0.15, -0.1) is 0 Å². The van der Waals surface area contributed by atoms with Crippen LogP contribution in [0.25, 0.3) is 0 Å². The molecule has 2 heterocycles. The van der Waals surface area contributed by atoms with E-state index in [2.05, 4.69) is 5.16 Å². The van der Waals surface area contributed by atoms with Crippen molar-refractivity contribution in [2.24, 2.45) is 5.92 Å². The molecule has 0 radical (unpaired) electrons. The molecule has 2 aromatic rings. The van der Waals surface area contributed by atoms with Gasteiger partial charge < -0.3 is 14.3 Å². The summed E-state index contributed by atoms with van der Waals surface area (Å²) in [5.41, 5.74) is 3.83. The van der Waals surface area contributed by atoms with Crippen molar-refractivity contribution in [3.63, 3.8) is 0 Å². The first kappa shape index (κ1) is 17.2. The Morgan fingerprint density at radius 2 is 2.12 bits per heavy atom. The van der Waals surface area contributed by atoms with Gasteiger partial charge in [0.2, 0.25) is 11.8 Å². The lowest BCUT2D eigenvalue weighted by molar-refractivity contribution is -0.135. The van der Waals surface area contributed by atoms with E-state index in [0.29, 0.717) is 24.5 Å². The predicted molar refractivity (Wildman–Crippen MR) is 94.1 cm³/mol. The summed E-state index contributed by atoms with van der Waals surface area (Å²) in [4.78, 5) is 28.5. The number of hydrogen-bond donors (Lipinski definition) is 0. The van der Waals surface area contributed by atoms with Crippen LogP contribution in [0.5, 0.6) is 0 Å². The molecule has 1 saturated heterocycles. The third-order valence-corrected chi connectivity index (χ3v) is 4.79. The van der Waals surface area contributed by atoms with Gasteiger partial charge in [0.25, 0.3) is 0 Å². The molecule has 3 rings (SSSR count). The SMILES string of the molecule is Cc1cc(CN(C)C(=O)[C@H]2CC(=O)N(c3cccc(C)c3C)C2)no1. The topological polar surface area (TPSA) is 66.7 Å². The quantitative estimate of drug-likeness (QED) is 0.857. The maximum absolute atomic E-state index is 12.7. The van der Waals surface area contributed by atoms with Gasteiger partial charge in [0.15, 0.2) is 0 Å². The predicted octanol–water partition coefficient (Wildman–Crippen LogP) is 2.61. The fourth-order valence-electron chi connectivity index (χ4n) is 3.26. The van der Waals surface area contributed by atoms with Gasteiger partial charge >= 0.3 is 0 Å². The van der Waals surface area contributed by atoms with Crippen LogP contribution in [-0.2, 0) is 16.1 Å². The first-order valence-corrected chi connectivity index (χ1v) is 8.40. The van der Waals surface area contributed by atoms with Crippen LogP contribution in [-0.4, -0.2) is 35.5 Å². The Hall–Kier alpha value is -2.63. The van der Waals surface area contributed by atoms with Gasteiger partial charge in [-0.3, -0.25) is 9.59 Å². The van der Waals surface area contributed by atoms with Crippen LogP contribution in [0.4, 0.5) is 5.69 Å². The van der Waals surface area contributed by atoms with Crippen molar-refractivity contribution in [3.05, 3.63) is 46.8 Å². The Kier molecular flexibility index (Phi) is 4.61. The van der Waals surface area contributed by atoms with Crippen LogP contribution in [0.3, 0.4) is 0 Å². The minimum Gasteiger partial charge on any atom is -0.361 e. The number of rotatable bonds is 4. The summed E-state index contributed by atoms with van der Waals surface area (Å²) in [6, 6.07) is 7.72. The number of aryl methyl sites for hydroxylation is 2. The van der Waals surface area contributed by atoms with E-state index in [-0.39, 0.29) is 24.2 Å². The molecule has 25 heavy (non-hydrogen) atoms. The Labute approximate surface area is 147 Å². The Balaban J connectivity index is 1.71. The summed E-state index contributed by atoms with van der Waals surface area (Å²) in [5.74, 6) is 0.345. The molecule has 0 spiro atoms. The zero-order chi connectivity index (χ0) is 18.1. The van der Waals surface area contributed by atoms with E-state index in [1.165, 1.54) is 0 Å². The lowest BCUT2D eigenvalue weighted by atomic mass is 10.1. The summed E-state index contributed by atoms with van der Waals surface area (Å²) in [6.45, 7) is 6.65. The molecule has 1 atom stereocenters. The third kappa shape index (κ3) is 3.43. The highest BCUT2D eigenvalue weighted by Gasteiger charge is 2.37. The lowest BCUT2D eigenvalue weighted by Gasteiger charge is -2.22. The number of carbonyl (C=O) groups excluding carboxylic acids is 2. The van der Waals surface area contributed by atoms with Gasteiger partial charge in [-0.1, -0.05) is 17.3 Å². The van der Waals surface area contributed by atoms with Gasteiger partial charge in [-0.2, -0.15) is 0 Å². The number of nitrogens with zero attached hydrogens (tertiary/aromatic N) is 3. The van der Waals surface area contributed by atoms with Crippen LogP contribution >= 0.6 is 0 Å². The van der Waals surface area contributed by atoms with Crippen molar-refractivity contribution in [2.45, 2.75) is 33.7 Å². The van der Waals surface area contributed by atoms with Gasteiger partial charge in [-0.05, 0) is 38.0 Å². The molecule has 1 aromatic heterocycles. The summed E-state index contributed by atoms with van der Waals surface area (Å²) in [7, 11) is 1.73. The fourth-order valence-corrected chi connectivity index (χ4v) is 3.26. The lowest BCUT2D eigenvalue weighted by Crippen LogP contribution is -2.34. The zero-order valence-electron chi connectivity index (χ0n) is 15.1. The fraction of sp³-hybridized carbons (Fsp3) is 0.421. The summed E-state index contributed by atoms with van der Waals surface area (Å²) < 4.78 is 5.04. The van der Waals surface area contributed by atoms with E-state index in [4.69, 9.17) is 4.52 Å². The van der Waals surface area contributed by atoms with Gasteiger partial charge in [0.1, 0.15) is 11.5 Å². The zero-order valence-corrected chi connectivity index (χ0v) is 15.1. The monoisotopic (exact) mass is 341 g/mol. The molecule has 1 aromatic carbocycles. The summed E-state index contributed by atoms with van der Waals surface area (Å²) in [5, 5.41) is 3.92. The number of aromatic nitrogens is 1. The van der Waals surface area contributed by atoms with Crippen LogP contribution < -0.4 is 4.90 Å². The van der Waals surface area contributed by atoms with Crippen LogP contribution in [0.2, 0.25) is 0 Å². The van der Waals surface area contributed by atoms with E-state index in [9.17, 15) is 9.59 Å². The highest BCUT2D eigenvalue weighted by molar-refractivity contribution is 6.00. The van der Waals surface area contributed by atoms with E-state index < -0.39 is 0 Å². The molecule has 132 valence electrons. The molecule has 0 N–H and O–H groups in total. The molecular weight excluding hydrogens is 318 g/mol. The molecular formula is C19H23N3O3. The summed E-state index contributed by atoms with van der Waals surface area (Å²) in [6.07, 6.45) is 0.244. The number of amides is 2. The van der Waals surface area contributed by atoms with E-state index >= 15 is 0 Å². The maximum Gasteiger partial charge on any atom is 0.228 e. The van der Waals surface area contributed by atoms with E-state index in [0.717, 1.165) is 16.8 Å². The normalized spacial score (nSPS) is 17.2. The van der Waals surface area contributed by atoms with Crippen LogP contribution in [0.15, 0.2) is 28.8 Å². The number of anilines is 1. The van der Waals surface area contributed by atoms with Crippen molar-refractivity contribution >= 4 is 17.5 Å². The second-order valence-electron chi connectivity index (χ2n) is 6.75. The molecule has 1 fully saturated rings. The van der Waals surface area contributed by atoms with Crippen molar-refractivity contribution in [3.8, 4) is 0 Å². The molecule has 6 nitrogen and oxygen atoms in total. The van der Waals surface area contributed by atoms with Crippen molar-refractivity contribution in [1.82, 2.24) is 10.1 Å². The molecule has 1 aliphatic heterocycles. The van der Waals surface area contributed by atoms with E-state index in [1.54, 1.807) is 16.8 Å². The molecule has 0 saturated carbocycles. The second kappa shape index (κ2) is 6.70. The van der Waals surface area contributed by atoms with Crippen LogP contribution in [0, 0.1) is 26.7 Å². The molecule has 2 amide bonds.